The van der Waals surface area contributed by atoms with E-state index in [-0.39, 0.29) is 0 Å². The van der Waals surface area contributed by atoms with Gasteiger partial charge in [0.15, 0.2) is 0 Å². The number of piperidine rings is 1. The number of aliphatic hydroxyl groups is 1. The van der Waals surface area contributed by atoms with Gasteiger partial charge in [0.25, 0.3) is 0 Å². The molecule has 0 aliphatic carbocycles. The maximum atomic E-state index is 10.1. The topological polar surface area (TPSA) is 72.2 Å². The Morgan fingerprint density at radius 1 is 1.50 bits per heavy atom. The molecule has 1 aliphatic rings. The number of nitrogens with zero attached hydrogens (tertiary/aromatic N) is 4. The fourth-order valence-electron chi connectivity index (χ4n) is 2.29. The molecule has 2 atom stereocenters. The third kappa shape index (κ3) is 2.82. The van der Waals surface area contributed by atoms with Gasteiger partial charge in [-0.2, -0.15) is 0 Å². The van der Waals surface area contributed by atoms with Crippen molar-refractivity contribution in [2.75, 3.05) is 13.1 Å². The molecule has 0 radical (unpaired) electrons. The van der Waals surface area contributed by atoms with Gasteiger partial charge < -0.3 is 5.11 Å². The lowest BCUT2D eigenvalue weighted by atomic mass is 9.87. The lowest BCUT2D eigenvalue weighted by Gasteiger charge is -2.40. The van der Waals surface area contributed by atoms with E-state index < -0.39 is 11.6 Å². The molecule has 2 unspecified atom stereocenters. The fraction of sp³-hybridized carbons (Fsp3) is 0.538. The van der Waals surface area contributed by atoms with Gasteiger partial charge in [0.05, 0.1) is 11.6 Å². The van der Waals surface area contributed by atoms with E-state index in [4.69, 9.17) is 5.53 Å². The van der Waals surface area contributed by atoms with Crippen LogP contribution in [0.15, 0.2) is 35.4 Å². The van der Waals surface area contributed by atoms with Crippen LogP contribution >= 0.6 is 0 Å². The van der Waals surface area contributed by atoms with Crippen molar-refractivity contribution >= 4 is 0 Å². The molecule has 1 heterocycles. The smallest absolute Gasteiger partial charge is 0.0777 e. The summed E-state index contributed by atoms with van der Waals surface area (Å²) in [6.07, 6.45) is 0.0799. The van der Waals surface area contributed by atoms with E-state index in [1.165, 1.54) is 5.56 Å². The van der Waals surface area contributed by atoms with E-state index in [1.54, 1.807) is 0 Å². The summed E-state index contributed by atoms with van der Waals surface area (Å²) in [6, 6.07) is 10.2. The monoisotopic (exact) mass is 246 g/mol. The minimum Gasteiger partial charge on any atom is -0.391 e. The highest BCUT2D eigenvalue weighted by Gasteiger charge is 2.37. The van der Waals surface area contributed by atoms with Crippen LogP contribution in [0.25, 0.3) is 10.4 Å². The van der Waals surface area contributed by atoms with Gasteiger partial charge in [-0.05, 0) is 24.1 Å². The Morgan fingerprint density at radius 3 is 2.83 bits per heavy atom. The second-order valence-corrected chi connectivity index (χ2v) is 5.03. The van der Waals surface area contributed by atoms with Gasteiger partial charge in [-0.15, -0.1) is 0 Å². The van der Waals surface area contributed by atoms with Gasteiger partial charge in [-0.25, -0.2) is 0 Å². The van der Waals surface area contributed by atoms with Gasteiger partial charge >= 0.3 is 0 Å². The van der Waals surface area contributed by atoms with Crippen molar-refractivity contribution < 1.29 is 5.11 Å². The maximum Gasteiger partial charge on any atom is 0.0777 e. The summed E-state index contributed by atoms with van der Waals surface area (Å²) in [5.41, 5.74) is 9.10. The summed E-state index contributed by atoms with van der Waals surface area (Å²) >= 11 is 0. The standard InChI is InChI=1S/C13H18N4O/c1-13(15-16-14)7-8-17(10-12(13)18)9-11-5-3-2-4-6-11/h2-6,12,18H,7-10H2,1H3. The first-order valence-electron chi connectivity index (χ1n) is 6.15. The van der Waals surface area contributed by atoms with Crippen molar-refractivity contribution in [1.82, 2.24) is 4.90 Å². The van der Waals surface area contributed by atoms with Crippen molar-refractivity contribution in [3.63, 3.8) is 0 Å². The van der Waals surface area contributed by atoms with Gasteiger partial charge in [0, 0.05) is 18.0 Å². The molecule has 1 saturated heterocycles. The van der Waals surface area contributed by atoms with Crippen LogP contribution in [-0.4, -0.2) is 34.7 Å². The number of hydrogen-bond acceptors (Lipinski definition) is 3. The molecule has 1 aliphatic heterocycles. The molecule has 0 saturated carbocycles. The Labute approximate surface area is 107 Å². The predicted molar refractivity (Wildman–Crippen MR) is 69.9 cm³/mol. The molecule has 2 rings (SSSR count). The summed E-state index contributed by atoms with van der Waals surface area (Å²) in [4.78, 5) is 5.03. The van der Waals surface area contributed by atoms with Crippen molar-refractivity contribution in [3.05, 3.63) is 46.3 Å². The molecule has 18 heavy (non-hydrogen) atoms. The number of rotatable bonds is 3. The number of hydrogen-bond donors (Lipinski definition) is 1. The molecule has 96 valence electrons. The first-order valence-corrected chi connectivity index (χ1v) is 6.15. The molecule has 1 aromatic carbocycles. The average molecular weight is 246 g/mol. The summed E-state index contributed by atoms with van der Waals surface area (Å²) in [5, 5.41) is 13.8. The van der Waals surface area contributed by atoms with Crippen molar-refractivity contribution in [1.29, 1.82) is 0 Å². The highest BCUT2D eigenvalue weighted by molar-refractivity contribution is 5.14. The molecule has 0 amide bonds. The van der Waals surface area contributed by atoms with Crippen LogP contribution < -0.4 is 0 Å². The predicted octanol–water partition coefficient (Wildman–Crippen LogP) is 2.32. The molecule has 1 N–H and O–H groups in total. The molecule has 0 bridgehead atoms. The number of benzene rings is 1. The average Bonchev–Trinajstić information content (AvgIpc) is 2.36. The first-order chi connectivity index (χ1) is 8.64. The van der Waals surface area contributed by atoms with E-state index in [0.29, 0.717) is 13.0 Å². The third-order valence-electron chi connectivity index (χ3n) is 3.61. The van der Waals surface area contributed by atoms with E-state index in [0.717, 1.165) is 13.1 Å². The minimum absolute atomic E-state index is 0.546. The molecule has 5 nitrogen and oxygen atoms in total. The zero-order valence-corrected chi connectivity index (χ0v) is 10.5. The first kappa shape index (κ1) is 12.9. The highest BCUT2D eigenvalue weighted by Crippen LogP contribution is 2.27. The lowest BCUT2D eigenvalue weighted by Crippen LogP contribution is -2.52. The molecule has 5 heteroatoms. The Bertz CT molecular complexity index is 444. The minimum atomic E-state index is -0.665. The number of β-amino-alcohol motifs (C(OH)–C–C–N with tert-alkyl or cyclic N) is 1. The van der Waals surface area contributed by atoms with E-state index in [2.05, 4.69) is 27.1 Å². The normalized spacial score (nSPS) is 28.7. The van der Waals surface area contributed by atoms with Crippen molar-refractivity contribution in [2.24, 2.45) is 5.11 Å². The number of aliphatic hydroxyl groups excluding tert-OH is 1. The van der Waals surface area contributed by atoms with Crippen LogP contribution in [-0.2, 0) is 6.54 Å². The Balaban J connectivity index is 1.98. The van der Waals surface area contributed by atoms with E-state index >= 15 is 0 Å². The second kappa shape index (κ2) is 5.40. The zero-order valence-electron chi connectivity index (χ0n) is 10.5. The van der Waals surface area contributed by atoms with E-state index in [9.17, 15) is 5.11 Å². The van der Waals surface area contributed by atoms with Crippen molar-refractivity contribution in [3.8, 4) is 0 Å². The van der Waals surface area contributed by atoms with Crippen LogP contribution in [0.5, 0.6) is 0 Å². The van der Waals surface area contributed by atoms with Crippen LogP contribution in [0.1, 0.15) is 18.9 Å². The summed E-state index contributed by atoms with van der Waals surface area (Å²) in [7, 11) is 0. The van der Waals surface area contributed by atoms with Gasteiger partial charge in [-0.1, -0.05) is 42.4 Å². The molecule has 0 aromatic heterocycles. The summed E-state index contributed by atoms with van der Waals surface area (Å²) < 4.78 is 0. The fourth-order valence-corrected chi connectivity index (χ4v) is 2.29. The summed E-state index contributed by atoms with van der Waals surface area (Å²) in [5.74, 6) is 0. The highest BCUT2D eigenvalue weighted by atomic mass is 16.3. The van der Waals surface area contributed by atoms with Crippen LogP contribution in [0.4, 0.5) is 0 Å². The van der Waals surface area contributed by atoms with Gasteiger partial charge in [-0.3, -0.25) is 4.90 Å². The maximum absolute atomic E-state index is 10.1. The zero-order chi connectivity index (χ0) is 13.0. The second-order valence-electron chi connectivity index (χ2n) is 5.03. The molecule has 1 aromatic rings. The SMILES string of the molecule is CC1(N=[N+]=[N-])CCN(Cc2ccccc2)CC1O. The van der Waals surface area contributed by atoms with Crippen LogP contribution in [0, 0.1) is 0 Å². The molecule has 0 spiro atoms. The summed E-state index contributed by atoms with van der Waals surface area (Å²) in [6.45, 7) is 4.02. The Kier molecular flexibility index (Phi) is 3.87. The largest absolute Gasteiger partial charge is 0.391 e. The number of azide groups is 1. The van der Waals surface area contributed by atoms with Crippen molar-refractivity contribution in [2.45, 2.75) is 31.5 Å². The number of likely N-dealkylation sites (tertiary alicyclic amines) is 1. The van der Waals surface area contributed by atoms with E-state index in [1.807, 2.05) is 25.1 Å². The van der Waals surface area contributed by atoms with Gasteiger partial charge in [0.1, 0.15) is 0 Å². The Hall–Kier alpha value is -1.55. The molecule has 1 fully saturated rings. The quantitative estimate of drug-likeness (QED) is 0.505. The van der Waals surface area contributed by atoms with Crippen LogP contribution in [0.2, 0.25) is 0 Å². The van der Waals surface area contributed by atoms with Gasteiger partial charge in [0.2, 0.25) is 0 Å². The Morgan fingerprint density at radius 2 is 2.22 bits per heavy atom. The third-order valence-corrected chi connectivity index (χ3v) is 3.61. The lowest BCUT2D eigenvalue weighted by molar-refractivity contribution is 0.00906. The molecular weight excluding hydrogens is 228 g/mol. The molecular formula is C13H18N4O. The van der Waals surface area contributed by atoms with Crippen LogP contribution in [0.3, 0.4) is 0 Å².